The molecule has 2 heterocycles. The number of halogens is 1. The van der Waals surface area contributed by atoms with E-state index in [0.29, 0.717) is 0 Å². The number of thiophene rings is 1. The quantitative estimate of drug-likeness (QED) is 0.924. The van der Waals surface area contributed by atoms with Crippen LogP contribution < -0.4 is 10.2 Å². The summed E-state index contributed by atoms with van der Waals surface area (Å²) < 4.78 is 1.18. The molecular formula is C13H16BrN3S. The summed E-state index contributed by atoms with van der Waals surface area (Å²) >= 11 is 5.35. The van der Waals surface area contributed by atoms with Crippen LogP contribution in [0.25, 0.3) is 0 Å². The Balaban J connectivity index is 2.10. The van der Waals surface area contributed by atoms with E-state index in [4.69, 9.17) is 0 Å². The maximum Gasteiger partial charge on any atom is 0.0767 e. The highest BCUT2D eigenvalue weighted by Crippen LogP contribution is 2.28. The first kappa shape index (κ1) is 13.4. The third-order valence-electron chi connectivity index (χ3n) is 2.64. The first-order valence-electron chi connectivity index (χ1n) is 5.68. The average molecular weight is 326 g/mol. The monoisotopic (exact) mass is 325 g/mol. The topological polar surface area (TPSA) is 28.2 Å². The summed E-state index contributed by atoms with van der Waals surface area (Å²) in [5.74, 6) is 0. The fourth-order valence-corrected chi connectivity index (χ4v) is 3.24. The van der Waals surface area contributed by atoms with Gasteiger partial charge in [0.1, 0.15) is 0 Å². The van der Waals surface area contributed by atoms with Crippen molar-refractivity contribution in [3.8, 4) is 0 Å². The summed E-state index contributed by atoms with van der Waals surface area (Å²) in [6, 6.07) is 4.18. The molecule has 2 aromatic rings. The van der Waals surface area contributed by atoms with Gasteiger partial charge in [0.05, 0.1) is 17.6 Å². The molecule has 0 fully saturated rings. The van der Waals surface area contributed by atoms with E-state index in [0.717, 1.165) is 17.9 Å². The fourth-order valence-electron chi connectivity index (χ4n) is 1.70. The van der Waals surface area contributed by atoms with Crippen molar-refractivity contribution < 1.29 is 0 Å². The summed E-state index contributed by atoms with van der Waals surface area (Å²) in [5.41, 5.74) is 2.21. The Kier molecular flexibility index (Phi) is 4.24. The van der Waals surface area contributed by atoms with Gasteiger partial charge in [0.15, 0.2) is 0 Å². The highest BCUT2D eigenvalue weighted by atomic mass is 79.9. The second-order valence-corrected chi connectivity index (χ2v) is 6.45. The SMILES string of the molecule is Cc1sc(CNc2cnccc2N(C)C)cc1Br. The van der Waals surface area contributed by atoms with Crippen LogP contribution in [0.15, 0.2) is 29.0 Å². The van der Waals surface area contributed by atoms with Gasteiger partial charge in [0.25, 0.3) is 0 Å². The van der Waals surface area contributed by atoms with E-state index < -0.39 is 0 Å². The number of aryl methyl sites for hydroxylation is 1. The lowest BCUT2D eigenvalue weighted by Gasteiger charge is -2.17. The van der Waals surface area contributed by atoms with Crippen molar-refractivity contribution in [3.63, 3.8) is 0 Å². The van der Waals surface area contributed by atoms with Gasteiger partial charge in [0, 0.05) is 41.1 Å². The molecule has 0 spiro atoms. The summed E-state index contributed by atoms with van der Waals surface area (Å²) in [7, 11) is 4.07. The number of hydrogen-bond donors (Lipinski definition) is 1. The van der Waals surface area contributed by atoms with Crippen LogP contribution in [0.3, 0.4) is 0 Å². The molecule has 5 heteroatoms. The van der Waals surface area contributed by atoms with Gasteiger partial charge >= 0.3 is 0 Å². The fraction of sp³-hybridized carbons (Fsp3) is 0.308. The number of nitrogens with one attached hydrogen (secondary N) is 1. The van der Waals surface area contributed by atoms with Crippen molar-refractivity contribution in [2.75, 3.05) is 24.3 Å². The normalized spacial score (nSPS) is 10.4. The lowest BCUT2D eigenvalue weighted by atomic mass is 10.3. The number of aromatic nitrogens is 1. The highest BCUT2D eigenvalue weighted by Gasteiger charge is 2.06. The average Bonchev–Trinajstić information content (AvgIpc) is 2.66. The zero-order valence-corrected chi connectivity index (χ0v) is 13.1. The Labute approximate surface area is 120 Å². The minimum absolute atomic E-state index is 0.823. The standard InChI is InChI=1S/C13H16BrN3S/c1-9-11(14)6-10(18-9)7-16-12-8-15-5-4-13(12)17(2)3/h4-6,8,16H,7H2,1-3H3. The van der Waals surface area contributed by atoms with E-state index in [1.807, 2.05) is 32.6 Å². The van der Waals surface area contributed by atoms with Gasteiger partial charge in [-0.25, -0.2) is 0 Å². The summed E-state index contributed by atoms with van der Waals surface area (Å²) in [4.78, 5) is 8.87. The molecule has 2 rings (SSSR count). The smallest absolute Gasteiger partial charge is 0.0767 e. The van der Waals surface area contributed by atoms with Gasteiger partial charge in [-0.05, 0) is 35.0 Å². The lowest BCUT2D eigenvalue weighted by Crippen LogP contribution is -2.12. The van der Waals surface area contributed by atoms with Crippen LogP contribution >= 0.6 is 27.3 Å². The van der Waals surface area contributed by atoms with Gasteiger partial charge in [-0.3, -0.25) is 4.98 Å². The van der Waals surface area contributed by atoms with Gasteiger partial charge < -0.3 is 10.2 Å². The molecule has 2 aromatic heterocycles. The van der Waals surface area contributed by atoms with Crippen molar-refractivity contribution in [2.45, 2.75) is 13.5 Å². The van der Waals surface area contributed by atoms with E-state index in [9.17, 15) is 0 Å². The van der Waals surface area contributed by atoms with E-state index in [-0.39, 0.29) is 0 Å². The predicted molar refractivity (Wildman–Crippen MR) is 82.6 cm³/mol. The molecular weight excluding hydrogens is 310 g/mol. The van der Waals surface area contributed by atoms with Crippen LogP contribution in [0.4, 0.5) is 11.4 Å². The molecule has 3 nitrogen and oxygen atoms in total. The maximum absolute atomic E-state index is 4.17. The molecule has 96 valence electrons. The van der Waals surface area contributed by atoms with E-state index >= 15 is 0 Å². The first-order valence-corrected chi connectivity index (χ1v) is 7.29. The van der Waals surface area contributed by atoms with Crippen molar-refractivity contribution in [2.24, 2.45) is 0 Å². The zero-order chi connectivity index (χ0) is 13.1. The molecule has 1 N–H and O–H groups in total. The molecule has 0 saturated carbocycles. The molecule has 18 heavy (non-hydrogen) atoms. The minimum atomic E-state index is 0.823. The number of anilines is 2. The second kappa shape index (κ2) is 5.71. The van der Waals surface area contributed by atoms with Gasteiger partial charge in [-0.2, -0.15) is 0 Å². The number of pyridine rings is 1. The van der Waals surface area contributed by atoms with Gasteiger partial charge in [-0.15, -0.1) is 11.3 Å². The van der Waals surface area contributed by atoms with Crippen molar-refractivity contribution in [1.82, 2.24) is 4.98 Å². The Morgan fingerprint density at radius 2 is 2.22 bits per heavy atom. The molecule has 0 aromatic carbocycles. The van der Waals surface area contributed by atoms with Gasteiger partial charge in [-0.1, -0.05) is 0 Å². The largest absolute Gasteiger partial charge is 0.377 e. The zero-order valence-electron chi connectivity index (χ0n) is 10.7. The molecule has 0 unspecified atom stereocenters. The van der Waals surface area contributed by atoms with Crippen LogP contribution in [0.2, 0.25) is 0 Å². The lowest BCUT2D eigenvalue weighted by molar-refractivity contribution is 1.10. The van der Waals surface area contributed by atoms with Crippen LogP contribution in [0.1, 0.15) is 9.75 Å². The number of rotatable bonds is 4. The van der Waals surface area contributed by atoms with E-state index in [1.165, 1.54) is 14.2 Å². The Hall–Kier alpha value is -1.07. The van der Waals surface area contributed by atoms with Crippen molar-refractivity contribution in [3.05, 3.63) is 38.8 Å². The Morgan fingerprint density at radius 1 is 1.44 bits per heavy atom. The first-order chi connectivity index (χ1) is 8.58. The minimum Gasteiger partial charge on any atom is -0.377 e. The maximum atomic E-state index is 4.17. The summed E-state index contributed by atoms with van der Waals surface area (Å²) in [6.45, 7) is 2.94. The van der Waals surface area contributed by atoms with Crippen molar-refractivity contribution >= 4 is 38.6 Å². The van der Waals surface area contributed by atoms with Crippen LogP contribution in [0, 0.1) is 6.92 Å². The number of nitrogens with zero attached hydrogens (tertiary/aromatic N) is 2. The third-order valence-corrected chi connectivity index (χ3v) is 4.78. The molecule has 0 saturated heterocycles. The third kappa shape index (κ3) is 3.03. The summed E-state index contributed by atoms with van der Waals surface area (Å²) in [6.07, 6.45) is 3.68. The Morgan fingerprint density at radius 3 is 2.83 bits per heavy atom. The molecule has 0 amide bonds. The van der Waals surface area contributed by atoms with Crippen LogP contribution in [0.5, 0.6) is 0 Å². The van der Waals surface area contributed by atoms with Crippen LogP contribution in [-0.2, 0) is 6.54 Å². The van der Waals surface area contributed by atoms with E-state index in [2.05, 4.69) is 44.1 Å². The second-order valence-electron chi connectivity index (χ2n) is 4.26. The highest BCUT2D eigenvalue weighted by molar-refractivity contribution is 9.10. The molecule has 0 atom stereocenters. The Bertz CT molecular complexity index is 517. The summed E-state index contributed by atoms with van der Waals surface area (Å²) in [5, 5.41) is 3.44. The molecule has 0 aliphatic rings. The van der Waals surface area contributed by atoms with Crippen LogP contribution in [-0.4, -0.2) is 19.1 Å². The van der Waals surface area contributed by atoms with Gasteiger partial charge in [0.2, 0.25) is 0 Å². The van der Waals surface area contributed by atoms with E-state index in [1.54, 1.807) is 11.3 Å². The predicted octanol–water partition coefficient (Wildman–Crippen LogP) is 3.89. The molecule has 0 bridgehead atoms. The van der Waals surface area contributed by atoms with Crippen molar-refractivity contribution in [1.29, 1.82) is 0 Å². The molecule has 0 aliphatic heterocycles. The number of hydrogen-bond acceptors (Lipinski definition) is 4. The molecule has 0 aliphatic carbocycles. The molecule has 0 radical (unpaired) electrons.